The number of aromatic amines is 1. The zero-order valence-corrected chi connectivity index (χ0v) is 15.0. The maximum absolute atomic E-state index is 12.5. The summed E-state index contributed by atoms with van der Waals surface area (Å²) >= 11 is 0. The quantitative estimate of drug-likeness (QED) is 0.527. The SMILES string of the molecule is Cn1cc(-c2n[nH]c(=O)c(-c3cn(C)c4ccccc34)n2)c2ccccc21. The van der Waals surface area contributed by atoms with Crippen molar-refractivity contribution >= 4 is 21.8 Å². The molecular weight excluding hydrogens is 338 g/mol. The van der Waals surface area contributed by atoms with Gasteiger partial charge in [0.25, 0.3) is 5.56 Å². The largest absolute Gasteiger partial charge is 0.350 e. The van der Waals surface area contributed by atoms with Crippen LogP contribution in [-0.2, 0) is 14.1 Å². The molecule has 0 saturated heterocycles. The van der Waals surface area contributed by atoms with Crippen molar-refractivity contribution in [2.75, 3.05) is 0 Å². The topological polar surface area (TPSA) is 68.5 Å². The minimum absolute atomic E-state index is 0.296. The molecule has 0 atom stereocenters. The van der Waals surface area contributed by atoms with Crippen LogP contribution in [0.2, 0.25) is 0 Å². The summed E-state index contributed by atoms with van der Waals surface area (Å²) in [7, 11) is 3.95. The van der Waals surface area contributed by atoms with Gasteiger partial charge in [-0.1, -0.05) is 36.4 Å². The monoisotopic (exact) mass is 355 g/mol. The van der Waals surface area contributed by atoms with Crippen molar-refractivity contribution in [1.29, 1.82) is 0 Å². The summed E-state index contributed by atoms with van der Waals surface area (Å²) in [6.07, 6.45) is 3.93. The van der Waals surface area contributed by atoms with Crippen molar-refractivity contribution < 1.29 is 0 Å². The normalized spacial score (nSPS) is 11.5. The Kier molecular flexibility index (Phi) is 3.27. The van der Waals surface area contributed by atoms with E-state index >= 15 is 0 Å². The van der Waals surface area contributed by atoms with Gasteiger partial charge >= 0.3 is 0 Å². The fraction of sp³-hybridized carbons (Fsp3) is 0.0952. The molecule has 2 aromatic carbocycles. The molecule has 6 nitrogen and oxygen atoms in total. The molecule has 5 rings (SSSR count). The molecule has 132 valence electrons. The molecule has 0 aliphatic carbocycles. The first-order chi connectivity index (χ1) is 13.1. The van der Waals surface area contributed by atoms with Crippen LogP contribution in [0.4, 0.5) is 0 Å². The molecule has 3 aromatic heterocycles. The first-order valence-corrected chi connectivity index (χ1v) is 8.69. The minimum Gasteiger partial charge on any atom is -0.350 e. The molecule has 27 heavy (non-hydrogen) atoms. The Labute approximate surface area is 154 Å². The van der Waals surface area contributed by atoms with E-state index in [1.807, 2.05) is 78.1 Å². The molecule has 0 spiro atoms. The van der Waals surface area contributed by atoms with Crippen LogP contribution in [0.3, 0.4) is 0 Å². The van der Waals surface area contributed by atoms with Gasteiger partial charge in [-0.3, -0.25) is 4.79 Å². The van der Waals surface area contributed by atoms with Gasteiger partial charge in [-0.25, -0.2) is 10.1 Å². The van der Waals surface area contributed by atoms with Crippen molar-refractivity contribution in [1.82, 2.24) is 24.3 Å². The molecule has 0 aliphatic rings. The molecule has 0 unspecified atom stereocenters. The van der Waals surface area contributed by atoms with Gasteiger partial charge in [0.2, 0.25) is 0 Å². The average molecular weight is 355 g/mol. The van der Waals surface area contributed by atoms with Crippen molar-refractivity contribution in [3.05, 3.63) is 71.3 Å². The summed E-state index contributed by atoms with van der Waals surface area (Å²) in [5.74, 6) is 0.509. The van der Waals surface area contributed by atoms with Crippen molar-refractivity contribution in [2.24, 2.45) is 14.1 Å². The van der Waals surface area contributed by atoms with E-state index in [1.165, 1.54) is 0 Å². The van der Waals surface area contributed by atoms with Gasteiger partial charge in [0.15, 0.2) is 5.82 Å². The Balaban J connectivity index is 1.77. The molecule has 5 aromatic rings. The van der Waals surface area contributed by atoms with Crippen LogP contribution in [0.15, 0.2) is 65.7 Å². The third-order valence-corrected chi connectivity index (χ3v) is 4.99. The second-order valence-electron chi connectivity index (χ2n) is 6.68. The van der Waals surface area contributed by atoms with E-state index in [1.54, 1.807) is 0 Å². The van der Waals surface area contributed by atoms with Gasteiger partial charge in [0.05, 0.1) is 0 Å². The fourth-order valence-corrected chi connectivity index (χ4v) is 3.69. The Morgan fingerprint density at radius 1 is 0.815 bits per heavy atom. The molecule has 0 bridgehead atoms. The summed E-state index contributed by atoms with van der Waals surface area (Å²) in [5, 5.41) is 8.89. The highest BCUT2D eigenvalue weighted by atomic mass is 16.1. The van der Waals surface area contributed by atoms with Gasteiger partial charge < -0.3 is 9.13 Å². The van der Waals surface area contributed by atoms with E-state index in [9.17, 15) is 4.79 Å². The van der Waals surface area contributed by atoms with Gasteiger partial charge in [-0.2, -0.15) is 5.10 Å². The lowest BCUT2D eigenvalue weighted by Crippen LogP contribution is -2.14. The number of fused-ring (bicyclic) bond motifs is 2. The van der Waals surface area contributed by atoms with Crippen LogP contribution in [0.25, 0.3) is 44.5 Å². The van der Waals surface area contributed by atoms with Gasteiger partial charge in [-0.05, 0) is 12.1 Å². The Hall–Kier alpha value is -3.67. The van der Waals surface area contributed by atoms with Gasteiger partial charge in [0, 0.05) is 59.4 Å². The first kappa shape index (κ1) is 15.6. The van der Waals surface area contributed by atoms with Crippen molar-refractivity contribution in [3.8, 4) is 22.6 Å². The Bertz CT molecular complexity index is 1370. The predicted octanol–water partition coefficient (Wildman–Crippen LogP) is 3.48. The molecular formula is C21H17N5O. The molecule has 0 saturated carbocycles. The maximum Gasteiger partial charge on any atom is 0.290 e. The van der Waals surface area contributed by atoms with Crippen LogP contribution in [0.5, 0.6) is 0 Å². The summed E-state index contributed by atoms with van der Waals surface area (Å²) in [4.78, 5) is 17.2. The first-order valence-electron chi connectivity index (χ1n) is 8.69. The third-order valence-electron chi connectivity index (χ3n) is 4.99. The van der Waals surface area contributed by atoms with Crippen LogP contribution < -0.4 is 5.56 Å². The van der Waals surface area contributed by atoms with E-state index in [4.69, 9.17) is 0 Å². The summed E-state index contributed by atoms with van der Waals surface area (Å²) in [6, 6.07) is 16.1. The number of hydrogen-bond acceptors (Lipinski definition) is 3. The predicted molar refractivity (Wildman–Crippen MR) is 106 cm³/mol. The van der Waals surface area contributed by atoms with Crippen LogP contribution >= 0.6 is 0 Å². The number of aryl methyl sites for hydroxylation is 2. The third kappa shape index (κ3) is 2.30. The zero-order valence-electron chi connectivity index (χ0n) is 15.0. The summed E-state index contributed by atoms with van der Waals surface area (Å²) in [6.45, 7) is 0. The second kappa shape index (κ2) is 5.67. The summed E-state index contributed by atoms with van der Waals surface area (Å²) < 4.78 is 4.04. The number of H-pyrrole nitrogens is 1. The lowest BCUT2D eigenvalue weighted by Gasteiger charge is -2.02. The van der Waals surface area contributed by atoms with Gasteiger partial charge in [-0.15, -0.1) is 0 Å². The van der Waals surface area contributed by atoms with E-state index in [0.29, 0.717) is 11.5 Å². The van der Waals surface area contributed by atoms with Gasteiger partial charge in [0.1, 0.15) is 5.69 Å². The zero-order chi connectivity index (χ0) is 18.5. The maximum atomic E-state index is 12.5. The number of hydrogen-bond donors (Lipinski definition) is 1. The number of rotatable bonds is 2. The molecule has 0 radical (unpaired) electrons. The number of para-hydroxylation sites is 2. The number of benzene rings is 2. The lowest BCUT2D eigenvalue weighted by molar-refractivity contribution is 0.935. The van der Waals surface area contributed by atoms with E-state index in [0.717, 1.165) is 32.9 Å². The smallest absolute Gasteiger partial charge is 0.290 e. The molecule has 0 fully saturated rings. The van der Waals surface area contributed by atoms with E-state index < -0.39 is 0 Å². The lowest BCUT2D eigenvalue weighted by atomic mass is 10.1. The van der Waals surface area contributed by atoms with E-state index in [2.05, 4.69) is 21.2 Å². The molecule has 3 heterocycles. The molecule has 1 N–H and O–H groups in total. The highest BCUT2D eigenvalue weighted by Crippen LogP contribution is 2.30. The Morgan fingerprint density at radius 2 is 1.37 bits per heavy atom. The van der Waals surface area contributed by atoms with Crippen LogP contribution in [0.1, 0.15) is 0 Å². The molecule has 0 amide bonds. The highest BCUT2D eigenvalue weighted by Gasteiger charge is 2.17. The molecule has 0 aliphatic heterocycles. The van der Waals surface area contributed by atoms with E-state index in [-0.39, 0.29) is 5.56 Å². The fourth-order valence-electron chi connectivity index (χ4n) is 3.69. The molecule has 6 heteroatoms. The standard InChI is InChI=1S/C21H17N5O/c1-25-11-15(13-7-3-5-9-17(13)25)19-21(27)24-23-20(22-19)16-12-26(2)18-10-6-4-8-14(16)18/h3-12H,1-2H3,(H,24,27). The highest BCUT2D eigenvalue weighted by molar-refractivity contribution is 5.96. The average Bonchev–Trinajstić information content (AvgIpc) is 3.21. The van der Waals surface area contributed by atoms with Crippen LogP contribution in [0, 0.1) is 0 Å². The minimum atomic E-state index is -0.296. The number of nitrogens with zero attached hydrogens (tertiary/aromatic N) is 4. The summed E-state index contributed by atoms with van der Waals surface area (Å²) in [5.41, 5.74) is 3.93. The second-order valence-corrected chi connectivity index (χ2v) is 6.68. The van der Waals surface area contributed by atoms with Crippen molar-refractivity contribution in [3.63, 3.8) is 0 Å². The van der Waals surface area contributed by atoms with Crippen LogP contribution in [-0.4, -0.2) is 24.3 Å². The Morgan fingerprint density at radius 3 is 2.04 bits per heavy atom. The van der Waals surface area contributed by atoms with Crippen molar-refractivity contribution in [2.45, 2.75) is 0 Å². The number of nitrogens with one attached hydrogen (secondary N) is 1. The number of aromatic nitrogens is 5.